The maximum atomic E-state index is 13.2. The number of pyridine rings is 1. The lowest BCUT2D eigenvalue weighted by Gasteiger charge is -2.38. The van der Waals surface area contributed by atoms with Crippen molar-refractivity contribution in [3.05, 3.63) is 101 Å². The first-order valence-electron chi connectivity index (χ1n) is 10.7. The zero-order valence-electron chi connectivity index (χ0n) is 17.8. The van der Waals surface area contributed by atoms with Gasteiger partial charge in [0.1, 0.15) is 0 Å². The van der Waals surface area contributed by atoms with Gasteiger partial charge < -0.3 is 10.2 Å². The minimum absolute atomic E-state index is 0.00833. The van der Waals surface area contributed by atoms with Gasteiger partial charge in [0.2, 0.25) is 11.8 Å². The third-order valence-corrected chi connectivity index (χ3v) is 5.85. The molecule has 0 fully saturated rings. The molecular formula is C26H27N3O2. The van der Waals surface area contributed by atoms with E-state index in [9.17, 15) is 9.59 Å². The van der Waals surface area contributed by atoms with E-state index in [1.165, 1.54) is 16.7 Å². The standard InChI is InChI=1S/C26H27N3O2/c1-19-8-7-12-23-22(19)15-17-29(26(23)20-9-3-2-4-10-20)25(31)14-13-24(30)28-18-21-11-5-6-16-27-21/h2-12,16,26H,13-15,17-18H2,1H3,(H,28,30). The van der Waals surface area contributed by atoms with E-state index in [1.54, 1.807) is 6.20 Å². The van der Waals surface area contributed by atoms with Gasteiger partial charge >= 0.3 is 0 Å². The Morgan fingerprint density at radius 3 is 2.58 bits per heavy atom. The number of amides is 2. The van der Waals surface area contributed by atoms with Crippen LogP contribution in [0.3, 0.4) is 0 Å². The molecule has 1 aliphatic rings. The quantitative estimate of drug-likeness (QED) is 0.665. The maximum absolute atomic E-state index is 13.2. The van der Waals surface area contributed by atoms with Crippen molar-refractivity contribution in [2.75, 3.05) is 6.54 Å². The number of nitrogens with zero attached hydrogens (tertiary/aromatic N) is 2. The van der Waals surface area contributed by atoms with Crippen LogP contribution in [0.4, 0.5) is 0 Å². The number of nitrogens with one attached hydrogen (secondary N) is 1. The molecule has 0 spiro atoms. The summed E-state index contributed by atoms with van der Waals surface area (Å²) in [6, 6.07) is 21.9. The fraction of sp³-hybridized carbons (Fsp3) is 0.269. The highest BCUT2D eigenvalue weighted by atomic mass is 16.2. The Kier molecular flexibility index (Phi) is 6.41. The predicted octanol–water partition coefficient (Wildman–Crippen LogP) is 3.96. The first-order chi connectivity index (χ1) is 15.1. The summed E-state index contributed by atoms with van der Waals surface area (Å²) >= 11 is 0. The van der Waals surface area contributed by atoms with Gasteiger partial charge in [0.05, 0.1) is 18.3 Å². The number of aromatic nitrogens is 1. The van der Waals surface area contributed by atoms with Gasteiger partial charge in [0, 0.05) is 25.6 Å². The van der Waals surface area contributed by atoms with Crippen molar-refractivity contribution >= 4 is 11.8 Å². The highest BCUT2D eigenvalue weighted by Gasteiger charge is 2.32. The molecule has 2 aromatic carbocycles. The number of benzene rings is 2. The minimum atomic E-state index is -0.136. The van der Waals surface area contributed by atoms with Gasteiger partial charge in [-0.05, 0) is 47.7 Å². The van der Waals surface area contributed by atoms with E-state index in [-0.39, 0.29) is 30.7 Å². The molecule has 0 saturated heterocycles. The van der Waals surface area contributed by atoms with Gasteiger partial charge in [0.25, 0.3) is 0 Å². The summed E-state index contributed by atoms with van der Waals surface area (Å²) in [6.45, 7) is 3.16. The molecule has 0 saturated carbocycles. The Hall–Kier alpha value is -3.47. The molecule has 31 heavy (non-hydrogen) atoms. The number of carbonyl (C=O) groups excluding carboxylic acids is 2. The summed E-state index contributed by atoms with van der Waals surface area (Å²) in [4.78, 5) is 31.6. The van der Waals surface area contributed by atoms with E-state index in [0.717, 1.165) is 17.7 Å². The Labute approximate surface area is 183 Å². The average molecular weight is 414 g/mol. The van der Waals surface area contributed by atoms with Crippen LogP contribution in [0.5, 0.6) is 0 Å². The molecule has 1 atom stereocenters. The zero-order valence-corrected chi connectivity index (χ0v) is 17.8. The molecule has 0 aliphatic carbocycles. The van der Waals surface area contributed by atoms with Gasteiger partial charge in [-0.15, -0.1) is 0 Å². The van der Waals surface area contributed by atoms with E-state index < -0.39 is 0 Å². The van der Waals surface area contributed by atoms with Crippen LogP contribution in [0.2, 0.25) is 0 Å². The molecule has 0 bridgehead atoms. The van der Waals surface area contributed by atoms with Gasteiger partial charge in [-0.2, -0.15) is 0 Å². The van der Waals surface area contributed by atoms with Crippen LogP contribution in [-0.2, 0) is 22.6 Å². The van der Waals surface area contributed by atoms with Crippen LogP contribution >= 0.6 is 0 Å². The molecule has 2 heterocycles. The molecule has 1 unspecified atom stereocenters. The average Bonchev–Trinajstić information content (AvgIpc) is 2.82. The fourth-order valence-electron chi connectivity index (χ4n) is 4.26. The fourth-order valence-corrected chi connectivity index (χ4v) is 4.26. The lowest BCUT2D eigenvalue weighted by Crippen LogP contribution is -2.41. The zero-order chi connectivity index (χ0) is 21.6. The monoisotopic (exact) mass is 413 g/mol. The number of fused-ring (bicyclic) bond motifs is 1. The van der Waals surface area contributed by atoms with Gasteiger partial charge in [-0.25, -0.2) is 0 Å². The topological polar surface area (TPSA) is 62.3 Å². The maximum Gasteiger partial charge on any atom is 0.223 e. The van der Waals surface area contributed by atoms with Crippen molar-refractivity contribution in [3.8, 4) is 0 Å². The molecule has 5 heteroatoms. The second-order valence-corrected chi connectivity index (χ2v) is 7.89. The Morgan fingerprint density at radius 2 is 1.81 bits per heavy atom. The second-order valence-electron chi connectivity index (χ2n) is 7.89. The summed E-state index contributed by atoms with van der Waals surface area (Å²) in [6.07, 6.45) is 2.90. The van der Waals surface area contributed by atoms with Gasteiger partial charge in [0.15, 0.2) is 0 Å². The molecule has 4 rings (SSSR count). The highest BCUT2D eigenvalue weighted by Crippen LogP contribution is 2.36. The van der Waals surface area contributed by atoms with Crippen LogP contribution < -0.4 is 5.32 Å². The van der Waals surface area contributed by atoms with Crippen molar-refractivity contribution in [2.45, 2.75) is 38.8 Å². The van der Waals surface area contributed by atoms with E-state index in [4.69, 9.17) is 0 Å². The summed E-state index contributed by atoms with van der Waals surface area (Å²) in [5.74, 6) is -0.127. The molecule has 0 radical (unpaired) electrons. The Bertz CT molecular complexity index is 1050. The van der Waals surface area contributed by atoms with E-state index in [1.807, 2.05) is 41.3 Å². The third-order valence-electron chi connectivity index (χ3n) is 5.85. The van der Waals surface area contributed by atoms with Crippen LogP contribution in [0.1, 0.15) is 46.8 Å². The van der Waals surface area contributed by atoms with Crippen LogP contribution in [-0.4, -0.2) is 28.2 Å². The SMILES string of the molecule is Cc1cccc2c1CCN(C(=O)CCC(=O)NCc1ccccn1)C2c1ccccc1. The Balaban J connectivity index is 1.46. The normalized spacial score (nSPS) is 15.3. The lowest BCUT2D eigenvalue weighted by molar-refractivity contribution is -0.135. The number of aryl methyl sites for hydroxylation is 1. The number of hydrogen-bond acceptors (Lipinski definition) is 3. The minimum Gasteiger partial charge on any atom is -0.350 e. The summed E-state index contributed by atoms with van der Waals surface area (Å²) in [5, 5.41) is 2.85. The molecule has 158 valence electrons. The van der Waals surface area contributed by atoms with Crippen molar-refractivity contribution in [1.82, 2.24) is 15.2 Å². The van der Waals surface area contributed by atoms with Crippen molar-refractivity contribution in [2.24, 2.45) is 0 Å². The molecule has 1 aromatic heterocycles. The number of rotatable bonds is 6. The summed E-state index contributed by atoms with van der Waals surface area (Å²) < 4.78 is 0. The molecule has 1 aliphatic heterocycles. The number of carbonyl (C=O) groups is 2. The third kappa shape index (κ3) is 4.82. The van der Waals surface area contributed by atoms with Gasteiger partial charge in [-0.3, -0.25) is 14.6 Å². The van der Waals surface area contributed by atoms with Crippen LogP contribution in [0, 0.1) is 6.92 Å². The molecule has 3 aromatic rings. The molecule has 5 nitrogen and oxygen atoms in total. The molecule has 2 amide bonds. The molecular weight excluding hydrogens is 386 g/mol. The predicted molar refractivity (Wildman–Crippen MR) is 120 cm³/mol. The van der Waals surface area contributed by atoms with Gasteiger partial charge in [-0.1, -0.05) is 54.6 Å². The summed E-state index contributed by atoms with van der Waals surface area (Å²) in [5.41, 5.74) is 5.68. The molecule has 1 N–H and O–H groups in total. The van der Waals surface area contributed by atoms with E-state index in [2.05, 4.69) is 47.6 Å². The van der Waals surface area contributed by atoms with Crippen LogP contribution in [0.15, 0.2) is 72.9 Å². The van der Waals surface area contributed by atoms with E-state index >= 15 is 0 Å². The van der Waals surface area contributed by atoms with E-state index in [0.29, 0.717) is 13.1 Å². The first kappa shape index (κ1) is 20.8. The summed E-state index contributed by atoms with van der Waals surface area (Å²) in [7, 11) is 0. The second kappa shape index (κ2) is 9.56. The van der Waals surface area contributed by atoms with Crippen molar-refractivity contribution in [3.63, 3.8) is 0 Å². The van der Waals surface area contributed by atoms with Crippen LogP contribution in [0.25, 0.3) is 0 Å². The smallest absolute Gasteiger partial charge is 0.223 e. The first-order valence-corrected chi connectivity index (χ1v) is 10.7. The van der Waals surface area contributed by atoms with Crippen molar-refractivity contribution in [1.29, 1.82) is 0 Å². The highest BCUT2D eigenvalue weighted by molar-refractivity contribution is 5.84. The lowest BCUT2D eigenvalue weighted by atomic mass is 9.85. The largest absolute Gasteiger partial charge is 0.350 e. The van der Waals surface area contributed by atoms with Crippen molar-refractivity contribution < 1.29 is 9.59 Å². The number of hydrogen-bond donors (Lipinski definition) is 1. The Morgan fingerprint density at radius 1 is 1.00 bits per heavy atom.